The zero-order valence-corrected chi connectivity index (χ0v) is 8.68. The summed E-state index contributed by atoms with van der Waals surface area (Å²) in [5, 5.41) is 0.711. The molecule has 0 radical (unpaired) electrons. The van der Waals surface area contributed by atoms with E-state index in [0.717, 1.165) is 5.75 Å². The van der Waals surface area contributed by atoms with Crippen LogP contribution < -0.4 is 0 Å². The summed E-state index contributed by atoms with van der Waals surface area (Å²) >= 11 is 0. The first-order valence-electron chi connectivity index (χ1n) is 4.38. The average molecular weight is 192 g/mol. The molecule has 0 bridgehead atoms. The van der Waals surface area contributed by atoms with Crippen LogP contribution >= 0.6 is 10.8 Å². The molecule has 0 amide bonds. The molecule has 0 aromatic heterocycles. The molecule has 1 fully saturated rings. The van der Waals surface area contributed by atoms with E-state index >= 15 is 0 Å². The Labute approximate surface area is 75.2 Å². The van der Waals surface area contributed by atoms with E-state index in [-0.39, 0.29) is 0 Å². The second-order valence-electron chi connectivity index (χ2n) is 3.01. The summed E-state index contributed by atoms with van der Waals surface area (Å²) in [7, 11) is 1.15. The van der Waals surface area contributed by atoms with E-state index < -0.39 is 9.83 Å². The third-order valence-corrected chi connectivity index (χ3v) is 5.47. The van der Waals surface area contributed by atoms with Gasteiger partial charge in [0.2, 0.25) is 0 Å². The monoisotopic (exact) mass is 192 g/mol. The zero-order valence-electron chi connectivity index (χ0n) is 7.04. The zero-order chi connectivity index (χ0) is 8.10. The first-order valence-corrected chi connectivity index (χ1v) is 7.10. The van der Waals surface area contributed by atoms with Gasteiger partial charge in [-0.15, -0.1) is 0 Å². The van der Waals surface area contributed by atoms with Gasteiger partial charge in [-0.1, -0.05) is 37.0 Å². The molecule has 1 rings (SSSR count). The van der Waals surface area contributed by atoms with Gasteiger partial charge in [0.15, 0.2) is 0 Å². The van der Waals surface area contributed by atoms with Gasteiger partial charge in [0.05, 0.1) is 9.83 Å². The summed E-state index contributed by atoms with van der Waals surface area (Å²) in [5.41, 5.74) is 0. The predicted molar refractivity (Wildman–Crippen MR) is 53.1 cm³/mol. The van der Waals surface area contributed by atoms with Gasteiger partial charge in [-0.05, 0) is 12.8 Å². The maximum atomic E-state index is 11.0. The van der Waals surface area contributed by atoms with Crippen molar-refractivity contribution in [2.45, 2.75) is 44.3 Å². The van der Waals surface area contributed by atoms with Gasteiger partial charge in [0.25, 0.3) is 0 Å². The molecule has 1 nitrogen and oxygen atoms in total. The van der Waals surface area contributed by atoms with Crippen LogP contribution in [0, 0.1) is 0 Å². The van der Waals surface area contributed by atoms with Crippen LogP contribution in [0.25, 0.3) is 0 Å². The van der Waals surface area contributed by atoms with Gasteiger partial charge in [-0.3, -0.25) is 0 Å². The average Bonchev–Trinajstić information content (AvgIpc) is 2.37. The summed E-state index contributed by atoms with van der Waals surface area (Å²) in [6.07, 6.45) is 6.42. The Balaban J connectivity index is 2.04. The van der Waals surface area contributed by atoms with Gasteiger partial charge in [-0.2, -0.15) is 0 Å². The summed E-state index contributed by atoms with van der Waals surface area (Å²) in [6, 6.07) is 0. The Morgan fingerprint density at radius 2 is 2.36 bits per heavy atom. The van der Waals surface area contributed by atoms with E-state index in [0.29, 0.717) is 5.25 Å². The fourth-order valence-electron chi connectivity index (χ4n) is 1.29. The van der Waals surface area contributed by atoms with Crippen LogP contribution in [-0.4, -0.2) is 15.2 Å². The smallest absolute Gasteiger partial charge is 0.0806 e. The Kier molecular flexibility index (Phi) is 4.53. The molecule has 2 unspecified atom stereocenters. The Morgan fingerprint density at radius 1 is 1.55 bits per heavy atom. The normalized spacial score (nSPS) is 31.0. The van der Waals surface area contributed by atoms with Gasteiger partial charge in [0, 0.05) is 11.0 Å². The van der Waals surface area contributed by atoms with Crippen molar-refractivity contribution < 1.29 is 4.21 Å². The lowest BCUT2D eigenvalue weighted by Crippen LogP contribution is -1.96. The van der Waals surface area contributed by atoms with Crippen molar-refractivity contribution >= 4 is 20.6 Å². The summed E-state index contributed by atoms with van der Waals surface area (Å²) < 4.78 is 11.0. The SMILES string of the molecule is CCCCCC1CCS(=O)S1. The van der Waals surface area contributed by atoms with Crippen molar-refractivity contribution in [1.82, 2.24) is 0 Å². The van der Waals surface area contributed by atoms with Crippen LogP contribution in [0.15, 0.2) is 0 Å². The van der Waals surface area contributed by atoms with Gasteiger partial charge < -0.3 is 0 Å². The Bertz CT molecular complexity index is 136. The lowest BCUT2D eigenvalue weighted by molar-refractivity contribution is 0.640. The third kappa shape index (κ3) is 3.61. The maximum Gasteiger partial charge on any atom is 0.0806 e. The fraction of sp³-hybridized carbons (Fsp3) is 1.00. The minimum Gasteiger partial charge on any atom is -0.248 e. The van der Waals surface area contributed by atoms with Crippen molar-refractivity contribution in [2.75, 3.05) is 5.75 Å². The highest BCUT2D eigenvalue weighted by molar-refractivity contribution is 8.69. The molecule has 1 saturated heterocycles. The lowest BCUT2D eigenvalue weighted by Gasteiger charge is -2.04. The lowest BCUT2D eigenvalue weighted by atomic mass is 10.1. The predicted octanol–water partition coefficient (Wildman–Crippen LogP) is 2.74. The second kappa shape index (κ2) is 5.20. The molecule has 0 spiro atoms. The van der Waals surface area contributed by atoms with Gasteiger partial charge in [-0.25, -0.2) is 4.21 Å². The summed E-state index contributed by atoms with van der Waals surface area (Å²) in [5.74, 6) is 0.932. The standard InChI is InChI=1S/C8H16OS2/c1-2-3-4-5-8-6-7-11(9)10-8/h8H,2-7H2,1H3. The van der Waals surface area contributed by atoms with Crippen LogP contribution in [0.5, 0.6) is 0 Å². The molecule has 1 aliphatic heterocycles. The van der Waals surface area contributed by atoms with Crippen molar-refractivity contribution in [3.8, 4) is 0 Å². The topological polar surface area (TPSA) is 17.1 Å². The van der Waals surface area contributed by atoms with Gasteiger partial charge in [0.1, 0.15) is 0 Å². The quantitative estimate of drug-likeness (QED) is 0.503. The van der Waals surface area contributed by atoms with Crippen molar-refractivity contribution in [3.05, 3.63) is 0 Å². The molecular weight excluding hydrogens is 176 g/mol. The van der Waals surface area contributed by atoms with Crippen molar-refractivity contribution in [1.29, 1.82) is 0 Å². The van der Waals surface area contributed by atoms with E-state index in [2.05, 4.69) is 6.92 Å². The van der Waals surface area contributed by atoms with Crippen LogP contribution in [0.1, 0.15) is 39.0 Å². The van der Waals surface area contributed by atoms with Crippen LogP contribution in [0.2, 0.25) is 0 Å². The van der Waals surface area contributed by atoms with E-state index in [9.17, 15) is 4.21 Å². The van der Waals surface area contributed by atoms with E-state index in [1.165, 1.54) is 32.1 Å². The maximum absolute atomic E-state index is 11.0. The molecule has 0 N–H and O–H groups in total. The molecule has 2 atom stereocenters. The second-order valence-corrected chi connectivity index (χ2v) is 6.58. The molecule has 1 aliphatic rings. The molecular formula is C8H16OS2. The minimum absolute atomic E-state index is 0.542. The molecule has 0 saturated carbocycles. The van der Waals surface area contributed by atoms with Crippen LogP contribution in [-0.2, 0) is 9.83 Å². The van der Waals surface area contributed by atoms with Crippen LogP contribution in [0.3, 0.4) is 0 Å². The van der Waals surface area contributed by atoms with E-state index in [4.69, 9.17) is 0 Å². The van der Waals surface area contributed by atoms with Crippen molar-refractivity contribution in [3.63, 3.8) is 0 Å². The molecule has 0 aliphatic carbocycles. The summed E-state index contributed by atoms with van der Waals surface area (Å²) in [6.45, 7) is 2.22. The highest BCUT2D eigenvalue weighted by Crippen LogP contribution is 2.31. The number of rotatable bonds is 4. The molecule has 1 heterocycles. The van der Waals surface area contributed by atoms with Crippen LogP contribution in [0.4, 0.5) is 0 Å². The Morgan fingerprint density at radius 3 is 2.91 bits per heavy atom. The Hall–Kier alpha value is 0.500. The highest BCUT2D eigenvalue weighted by Gasteiger charge is 2.20. The molecule has 11 heavy (non-hydrogen) atoms. The number of hydrogen-bond acceptors (Lipinski definition) is 2. The first kappa shape index (κ1) is 9.59. The van der Waals surface area contributed by atoms with Gasteiger partial charge >= 0.3 is 0 Å². The van der Waals surface area contributed by atoms with Crippen molar-refractivity contribution in [2.24, 2.45) is 0 Å². The molecule has 0 aromatic rings. The minimum atomic E-state index is -0.542. The largest absolute Gasteiger partial charge is 0.248 e. The van der Waals surface area contributed by atoms with E-state index in [1.54, 1.807) is 10.8 Å². The third-order valence-electron chi connectivity index (χ3n) is 1.98. The summed E-state index contributed by atoms with van der Waals surface area (Å²) in [4.78, 5) is 0. The fourth-order valence-corrected chi connectivity index (χ4v) is 4.86. The first-order chi connectivity index (χ1) is 5.33. The number of hydrogen-bond donors (Lipinski definition) is 0. The van der Waals surface area contributed by atoms with E-state index in [1.807, 2.05) is 0 Å². The number of unbranched alkanes of at least 4 members (excludes halogenated alkanes) is 2. The molecule has 0 aromatic carbocycles. The highest BCUT2D eigenvalue weighted by atomic mass is 33.1. The molecule has 66 valence electrons. The molecule has 3 heteroatoms.